The normalized spacial score (nSPS) is 16.9. The molecule has 0 amide bonds. The van der Waals surface area contributed by atoms with Gasteiger partial charge in [0.15, 0.2) is 0 Å². The molecule has 1 aromatic carbocycles. The highest BCUT2D eigenvalue weighted by Crippen LogP contribution is 2.25. The standard InChI is InChI=1S/C14H22N2O/c1-14(2,17)13-4-3-12-10-16(8-6-15)7-5-11(12)9-13/h3-4,9,17H,5-8,10,15H2,1-2H3. The van der Waals surface area contributed by atoms with Crippen LogP contribution in [-0.4, -0.2) is 29.6 Å². The molecule has 0 fully saturated rings. The lowest BCUT2D eigenvalue weighted by atomic mass is 9.91. The zero-order valence-corrected chi connectivity index (χ0v) is 10.7. The van der Waals surface area contributed by atoms with Crippen LogP contribution in [0.25, 0.3) is 0 Å². The first-order valence-corrected chi connectivity index (χ1v) is 6.28. The van der Waals surface area contributed by atoms with Gasteiger partial charge in [0, 0.05) is 26.2 Å². The lowest BCUT2D eigenvalue weighted by Crippen LogP contribution is -2.34. The molecule has 0 aromatic heterocycles. The third kappa shape index (κ3) is 2.86. The Kier molecular flexibility index (Phi) is 3.52. The molecule has 0 atom stereocenters. The van der Waals surface area contributed by atoms with Crippen LogP contribution >= 0.6 is 0 Å². The van der Waals surface area contributed by atoms with Gasteiger partial charge in [0.1, 0.15) is 0 Å². The monoisotopic (exact) mass is 234 g/mol. The summed E-state index contributed by atoms with van der Waals surface area (Å²) in [7, 11) is 0. The molecule has 0 saturated heterocycles. The van der Waals surface area contributed by atoms with E-state index in [-0.39, 0.29) is 0 Å². The van der Waals surface area contributed by atoms with E-state index in [9.17, 15) is 5.11 Å². The summed E-state index contributed by atoms with van der Waals surface area (Å²) in [6.45, 7) is 7.40. The van der Waals surface area contributed by atoms with E-state index < -0.39 is 5.60 Å². The molecule has 1 aliphatic rings. The van der Waals surface area contributed by atoms with Crippen molar-refractivity contribution in [1.29, 1.82) is 0 Å². The Hall–Kier alpha value is -0.900. The van der Waals surface area contributed by atoms with Crippen LogP contribution in [-0.2, 0) is 18.6 Å². The average Bonchev–Trinajstić information content (AvgIpc) is 2.27. The van der Waals surface area contributed by atoms with Crippen LogP contribution in [0, 0.1) is 0 Å². The van der Waals surface area contributed by atoms with Crippen LogP contribution in [0.3, 0.4) is 0 Å². The summed E-state index contributed by atoms with van der Waals surface area (Å²) >= 11 is 0. The fourth-order valence-corrected chi connectivity index (χ4v) is 2.37. The van der Waals surface area contributed by atoms with Crippen LogP contribution in [0.2, 0.25) is 0 Å². The molecule has 0 bridgehead atoms. The molecule has 0 radical (unpaired) electrons. The summed E-state index contributed by atoms with van der Waals surface area (Å²) in [4.78, 5) is 2.38. The van der Waals surface area contributed by atoms with Crippen LogP contribution in [0.15, 0.2) is 18.2 Å². The SMILES string of the molecule is CC(C)(O)c1ccc2c(c1)CCN(CCN)C2. The van der Waals surface area contributed by atoms with E-state index in [0.29, 0.717) is 0 Å². The topological polar surface area (TPSA) is 49.5 Å². The van der Waals surface area contributed by atoms with Crippen molar-refractivity contribution in [3.8, 4) is 0 Å². The van der Waals surface area contributed by atoms with E-state index in [1.54, 1.807) is 0 Å². The summed E-state index contributed by atoms with van der Waals surface area (Å²) in [5.74, 6) is 0. The molecule has 1 heterocycles. The van der Waals surface area contributed by atoms with E-state index in [1.165, 1.54) is 11.1 Å². The molecule has 94 valence electrons. The van der Waals surface area contributed by atoms with Gasteiger partial charge in [0.2, 0.25) is 0 Å². The van der Waals surface area contributed by atoms with Gasteiger partial charge < -0.3 is 10.8 Å². The molecule has 0 spiro atoms. The fourth-order valence-electron chi connectivity index (χ4n) is 2.37. The van der Waals surface area contributed by atoms with Crippen LogP contribution < -0.4 is 5.73 Å². The number of nitrogens with two attached hydrogens (primary N) is 1. The molecule has 1 aliphatic heterocycles. The third-order valence-corrected chi connectivity index (χ3v) is 3.45. The van der Waals surface area contributed by atoms with Crippen molar-refractivity contribution in [2.24, 2.45) is 5.73 Å². The lowest BCUT2D eigenvalue weighted by molar-refractivity contribution is 0.0784. The second-order valence-electron chi connectivity index (χ2n) is 5.36. The molecule has 2 rings (SSSR count). The maximum absolute atomic E-state index is 10.00. The highest BCUT2D eigenvalue weighted by Gasteiger charge is 2.20. The molecular formula is C14H22N2O. The van der Waals surface area contributed by atoms with Gasteiger partial charge in [-0.25, -0.2) is 0 Å². The number of nitrogens with zero attached hydrogens (tertiary/aromatic N) is 1. The van der Waals surface area contributed by atoms with Crippen molar-refractivity contribution < 1.29 is 5.11 Å². The predicted octanol–water partition coefficient (Wildman–Crippen LogP) is 1.23. The van der Waals surface area contributed by atoms with Crippen molar-refractivity contribution in [3.63, 3.8) is 0 Å². The minimum atomic E-state index is -0.747. The highest BCUT2D eigenvalue weighted by molar-refractivity contribution is 5.36. The van der Waals surface area contributed by atoms with Crippen molar-refractivity contribution in [1.82, 2.24) is 4.90 Å². The van der Waals surface area contributed by atoms with Gasteiger partial charge in [-0.15, -0.1) is 0 Å². The van der Waals surface area contributed by atoms with Crippen molar-refractivity contribution >= 4 is 0 Å². The molecule has 0 aliphatic carbocycles. The van der Waals surface area contributed by atoms with Gasteiger partial charge in [0.25, 0.3) is 0 Å². The molecule has 0 saturated carbocycles. The number of rotatable bonds is 3. The summed E-state index contributed by atoms with van der Waals surface area (Å²) in [5.41, 5.74) is 8.59. The van der Waals surface area contributed by atoms with E-state index in [4.69, 9.17) is 5.73 Å². The van der Waals surface area contributed by atoms with E-state index in [2.05, 4.69) is 17.0 Å². The Bertz CT molecular complexity index is 396. The fraction of sp³-hybridized carbons (Fsp3) is 0.571. The average molecular weight is 234 g/mol. The van der Waals surface area contributed by atoms with Gasteiger partial charge >= 0.3 is 0 Å². The summed E-state index contributed by atoms with van der Waals surface area (Å²) in [5, 5.41) is 10.00. The second-order valence-corrected chi connectivity index (χ2v) is 5.36. The van der Waals surface area contributed by atoms with Gasteiger partial charge in [-0.2, -0.15) is 0 Å². The second kappa shape index (κ2) is 4.77. The Morgan fingerprint density at radius 2 is 2.12 bits per heavy atom. The Balaban J connectivity index is 2.20. The number of hydrogen-bond acceptors (Lipinski definition) is 3. The van der Waals surface area contributed by atoms with E-state index in [0.717, 1.165) is 38.2 Å². The first kappa shape index (κ1) is 12.6. The minimum Gasteiger partial charge on any atom is -0.386 e. The molecule has 17 heavy (non-hydrogen) atoms. The zero-order chi connectivity index (χ0) is 12.5. The first-order valence-electron chi connectivity index (χ1n) is 6.28. The van der Waals surface area contributed by atoms with Gasteiger partial charge in [-0.3, -0.25) is 4.90 Å². The smallest absolute Gasteiger partial charge is 0.0840 e. The van der Waals surface area contributed by atoms with Gasteiger partial charge in [0.05, 0.1) is 5.60 Å². The lowest BCUT2D eigenvalue weighted by Gasteiger charge is -2.29. The van der Waals surface area contributed by atoms with Crippen LogP contribution in [0.4, 0.5) is 0 Å². The van der Waals surface area contributed by atoms with E-state index in [1.807, 2.05) is 19.9 Å². The number of hydrogen-bond donors (Lipinski definition) is 2. The van der Waals surface area contributed by atoms with Gasteiger partial charge in [-0.05, 0) is 37.0 Å². The Labute approximate surface area is 103 Å². The summed E-state index contributed by atoms with van der Waals surface area (Å²) < 4.78 is 0. The van der Waals surface area contributed by atoms with Crippen molar-refractivity contribution in [3.05, 3.63) is 34.9 Å². The number of benzene rings is 1. The quantitative estimate of drug-likeness (QED) is 0.827. The molecule has 0 unspecified atom stereocenters. The van der Waals surface area contributed by atoms with E-state index >= 15 is 0 Å². The van der Waals surface area contributed by atoms with Crippen LogP contribution in [0.5, 0.6) is 0 Å². The zero-order valence-electron chi connectivity index (χ0n) is 10.7. The highest BCUT2D eigenvalue weighted by atomic mass is 16.3. The molecular weight excluding hydrogens is 212 g/mol. The third-order valence-electron chi connectivity index (χ3n) is 3.45. The molecule has 1 aromatic rings. The largest absolute Gasteiger partial charge is 0.386 e. The summed E-state index contributed by atoms with van der Waals surface area (Å²) in [6, 6.07) is 6.32. The summed E-state index contributed by atoms with van der Waals surface area (Å²) in [6.07, 6.45) is 1.05. The van der Waals surface area contributed by atoms with Gasteiger partial charge in [-0.1, -0.05) is 18.2 Å². The maximum Gasteiger partial charge on any atom is 0.0840 e. The minimum absolute atomic E-state index is 0.719. The molecule has 3 N–H and O–H groups in total. The number of fused-ring (bicyclic) bond motifs is 1. The van der Waals surface area contributed by atoms with Crippen molar-refractivity contribution in [2.75, 3.05) is 19.6 Å². The van der Waals surface area contributed by atoms with Crippen molar-refractivity contribution in [2.45, 2.75) is 32.4 Å². The molecule has 3 nitrogen and oxygen atoms in total. The molecule has 3 heteroatoms. The Morgan fingerprint density at radius 1 is 1.35 bits per heavy atom. The number of aliphatic hydroxyl groups is 1. The predicted molar refractivity (Wildman–Crippen MR) is 69.7 cm³/mol. The Morgan fingerprint density at radius 3 is 2.76 bits per heavy atom. The van der Waals surface area contributed by atoms with Crippen LogP contribution in [0.1, 0.15) is 30.5 Å². The first-order chi connectivity index (χ1) is 8.00. The maximum atomic E-state index is 10.00.